The van der Waals surface area contributed by atoms with E-state index in [2.05, 4.69) is 31.0 Å². The van der Waals surface area contributed by atoms with Gasteiger partial charge in [0.25, 0.3) is 0 Å². The minimum Gasteiger partial charge on any atom is -0.354 e. The lowest BCUT2D eigenvalue weighted by atomic mass is 10.0. The summed E-state index contributed by atoms with van der Waals surface area (Å²) in [6, 6.07) is 12.2. The van der Waals surface area contributed by atoms with Gasteiger partial charge in [-0.15, -0.1) is 0 Å². The largest absolute Gasteiger partial charge is 0.354 e. The summed E-state index contributed by atoms with van der Waals surface area (Å²) in [6.45, 7) is 5.74. The summed E-state index contributed by atoms with van der Waals surface area (Å²) < 4.78 is 17.0. The SMILES string of the molecule is Cc1ccc(F)cc1-c1nc(NSc2ccnc(N3CCNCC3)c2)ccc1Cl. The minimum absolute atomic E-state index is 0.312. The van der Waals surface area contributed by atoms with E-state index in [0.29, 0.717) is 22.1 Å². The van der Waals surface area contributed by atoms with Crippen molar-refractivity contribution in [2.45, 2.75) is 11.8 Å². The molecule has 29 heavy (non-hydrogen) atoms. The molecule has 1 aliphatic heterocycles. The lowest BCUT2D eigenvalue weighted by Gasteiger charge is -2.28. The maximum atomic E-state index is 13.7. The van der Waals surface area contributed by atoms with Gasteiger partial charge in [0.15, 0.2) is 0 Å². The summed E-state index contributed by atoms with van der Waals surface area (Å²) in [4.78, 5) is 12.4. The number of rotatable bonds is 5. The molecule has 0 aliphatic carbocycles. The van der Waals surface area contributed by atoms with Gasteiger partial charge in [-0.05, 0) is 60.8 Å². The van der Waals surface area contributed by atoms with E-state index in [-0.39, 0.29) is 5.82 Å². The standard InChI is InChI=1S/C21H21ClFN5S/c1-14-2-3-15(23)12-17(14)21-18(22)4-5-19(26-21)27-29-16-6-7-25-20(13-16)28-10-8-24-9-11-28/h2-7,12-13,24H,8-11H2,1H3,(H,26,27). The van der Waals surface area contributed by atoms with E-state index in [1.54, 1.807) is 12.1 Å². The minimum atomic E-state index is -0.312. The molecule has 0 unspecified atom stereocenters. The topological polar surface area (TPSA) is 53.1 Å². The Bertz CT molecular complexity index is 1010. The number of pyridine rings is 2. The third-order valence-corrected chi connectivity index (χ3v) is 5.84. The molecule has 1 aliphatic rings. The predicted octanol–water partition coefficient (Wildman–Crippen LogP) is 4.77. The zero-order valence-corrected chi connectivity index (χ0v) is 17.5. The number of halogens is 2. The van der Waals surface area contributed by atoms with Crippen molar-refractivity contribution >= 4 is 35.2 Å². The molecule has 0 saturated carbocycles. The molecular weight excluding hydrogens is 409 g/mol. The van der Waals surface area contributed by atoms with Gasteiger partial charge in [0.2, 0.25) is 0 Å². The van der Waals surface area contributed by atoms with Gasteiger partial charge in [-0.25, -0.2) is 14.4 Å². The monoisotopic (exact) mass is 429 g/mol. The van der Waals surface area contributed by atoms with Crippen LogP contribution < -0.4 is 14.9 Å². The second kappa shape index (κ2) is 8.98. The van der Waals surface area contributed by atoms with E-state index in [0.717, 1.165) is 42.5 Å². The van der Waals surface area contributed by atoms with Gasteiger partial charge in [0.1, 0.15) is 17.5 Å². The Morgan fingerprint density at radius 3 is 2.79 bits per heavy atom. The highest BCUT2D eigenvalue weighted by Gasteiger charge is 2.13. The van der Waals surface area contributed by atoms with E-state index in [1.807, 2.05) is 25.3 Å². The number of anilines is 2. The zero-order chi connectivity index (χ0) is 20.2. The smallest absolute Gasteiger partial charge is 0.136 e. The maximum absolute atomic E-state index is 13.7. The first-order valence-electron chi connectivity index (χ1n) is 9.38. The van der Waals surface area contributed by atoms with Gasteiger partial charge in [-0.1, -0.05) is 17.7 Å². The first kappa shape index (κ1) is 19.9. The second-order valence-electron chi connectivity index (χ2n) is 6.78. The van der Waals surface area contributed by atoms with Crippen LogP contribution >= 0.6 is 23.5 Å². The molecule has 0 radical (unpaired) electrons. The Kier molecular flexibility index (Phi) is 6.18. The van der Waals surface area contributed by atoms with E-state index in [9.17, 15) is 4.39 Å². The first-order valence-corrected chi connectivity index (χ1v) is 10.6. The van der Waals surface area contributed by atoms with E-state index in [4.69, 9.17) is 11.6 Å². The van der Waals surface area contributed by atoms with Crippen molar-refractivity contribution < 1.29 is 4.39 Å². The van der Waals surface area contributed by atoms with E-state index < -0.39 is 0 Å². The first-order chi connectivity index (χ1) is 14.1. The van der Waals surface area contributed by atoms with Crippen LogP contribution in [0.4, 0.5) is 16.0 Å². The van der Waals surface area contributed by atoms with Gasteiger partial charge < -0.3 is 14.9 Å². The van der Waals surface area contributed by atoms with E-state index in [1.165, 1.54) is 24.1 Å². The number of nitrogens with zero attached hydrogens (tertiary/aromatic N) is 3. The number of aryl methyl sites for hydroxylation is 1. The Morgan fingerprint density at radius 2 is 1.97 bits per heavy atom. The molecule has 8 heteroatoms. The van der Waals surface area contributed by atoms with Crippen LogP contribution in [-0.2, 0) is 0 Å². The van der Waals surface area contributed by atoms with Crippen molar-refractivity contribution in [2.75, 3.05) is 35.8 Å². The third-order valence-electron chi connectivity index (χ3n) is 4.73. The van der Waals surface area contributed by atoms with Gasteiger partial charge in [0, 0.05) is 42.8 Å². The molecule has 1 fully saturated rings. The van der Waals surface area contributed by atoms with Crippen LogP contribution in [0, 0.1) is 12.7 Å². The fraction of sp³-hybridized carbons (Fsp3) is 0.238. The van der Waals surface area contributed by atoms with Crippen LogP contribution in [0.15, 0.2) is 53.6 Å². The van der Waals surface area contributed by atoms with Gasteiger partial charge in [0.05, 0.1) is 10.7 Å². The molecule has 2 aromatic heterocycles. The van der Waals surface area contributed by atoms with Crippen molar-refractivity contribution in [3.63, 3.8) is 0 Å². The molecule has 0 amide bonds. The van der Waals surface area contributed by atoms with Crippen molar-refractivity contribution in [2.24, 2.45) is 0 Å². The summed E-state index contributed by atoms with van der Waals surface area (Å²) in [6.07, 6.45) is 1.82. The average Bonchev–Trinajstić information content (AvgIpc) is 2.76. The Balaban J connectivity index is 1.51. The van der Waals surface area contributed by atoms with Crippen LogP contribution in [0.2, 0.25) is 5.02 Å². The van der Waals surface area contributed by atoms with Crippen LogP contribution in [0.25, 0.3) is 11.3 Å². The molecule has 0 bridgehead atoms. The molecule has 1 aromatic carbocycles. The third kappa shape index (κ3) is 4.80. The summed E-state index contributed by atoms with van der Waals surface area (Å²) in [7, 11) is 0. The number of hydrogen-bond acceptors (Lipinski definition) is 6. The second-order valence-corrected chi connectivity index (χ2v) is 8.06. The highest BCUT2D eigenvalue weighted by molar-refractivity contribution is 8.00. The van der Waals surface area contributed by atoms with Crippen molar-refractivity contribution in [3.05, 3.63) is 65.1 Å². The molecule has 3 aromatic rings. The fourth-order valence-corrected chi connectivity index (χ4v) is 4.01. The van der Waals surface area contributed by atoms with Crippen LogP contribution in [0.1, 0.15) is 5.56 Å². The highest BCUT2D eigenvalue weighted by atomic mass is 35.5. The summed E-state index contributed by atoms with van der Waals surface area (Å²) >= 11 is 7.80. The summed E-state index contributed by atoms with van der Waals surface area (Å²) in [5, 5.41) is 3.83. The molecule has 150 valence electrons. The number of nitrogens with one attached hydrogen (secondary N) is 2. The van der Waals surface area contributed by atoms with Crippen LogP contribution in [0.5, 0.6) is 0 Å². The van der Waals surface area contributed by atoms with Crippen LogP contribution in [-0.4, -0.2) is 36.1 Å². The fourth-order valence-electron chi connectivity index (χ4n) is 3.18. The van der Waals surface area contributed by atoms with Crippen molar-refractivity contribution in [3.8, 4) is 11.3 Å². The van der Waals surface area contributed by atoms with Gasteiger partial charge in [-0.3, -0.25) is 0 Å². The molecule has 5 nitrogen and oxygen atoms in total. The molecular formula is C21H21ClFN5S. The van der Waals surface area contributed by atoms with Crippen molar-refractivity contribution in [1.29, 1.82) is 0 Å². The van der Waals surface area contributed by atoms with Gasteiger partial charge >= 0.3 is 0 Å². The quantitative estimate of drug-likeness (QED) is 0.569. The number of aromatic nitrogens is 2. The number of piperazine rings is 1. The maximum Gasteiger partial charge on any atom is 0.136 e. The Hall–Kier alpha value is -2.35. The lowest BCUT2D eigenvalue weighted by Crippen LogP contribution is -2.43. The molecule has 4 rings (SSSR count). The summed E-state index contributed by atoms with van der Waals surface area (Å²) in [5.41, 5.74) is 2.17. The Labute approximate surface area is 178 Å². The summed E-state index contributed by atoms with van der Waals surface area (Å²) in [5.74, 6) is 1.31. The van der Waals surface area contributed by atoms with Gasteiger partial charge in [-0.2, -0.15) is 0 Å². The number of benzene rings is 1. The molecule has 0 spiro atoms. The highest BCUT2D eigenvalue weighted by Crippen LogP contribution is 2.32. The van der Waals surface area contributed by atoms with Crippen molar-refractivity contribution in [1.82, 2.24) is 15.3 Å². The average molecular weight is 430 g/mol. The molecule has 2 N–H and O–H groups in total. The molecule has 0 atom stereocenters. The number of hydrogen-bond donors (Lipinski definition) is 2. The molecule has 3 heterocycles. The Morgan fingerprint density at radius 1 is 1.14 bits per heavy atom. The normalized spacial score (nSPS) is 14.1. The lowest BCUT2D eigenvalue weighted by molar-refractivity contribution is 0.584. The predicted molar refractivity (Wildman–Crippen MR) is 118 cm³/mol. The zero-order valence-electron chi connectivity index (χ0n) is 16.0. The molecule has 1 saturated heterocycles. The van der Waals surface area contributed by atoms with Crippen LogP contribution in [0.3, 0.4) is 0 Å². The van der Waals surface area contributed by atoms with E-state index >= 15 is 0 Å².